The van der Waals surface area contributed by atoms with Crippen LogP contribution in [-0.4, -0.2) is 61.0 Å². The molecule has 1 unspecified atom stereocenters. The molecule has 0 aromatic rings. The lowest BCUT2D eigenvalue weighted by molar-refractivity contribution is -0.132. The van der Waals surface area contributed by atoms with Gasteiger partial charge in [0.05, 0.1) is 6.54 Å². The molecule has 1 amide bonds. The lowest BCUT2D eigenvalue weighted by Crippen LogP contribution is -2.47. The second kappa shape index (κ2) is 9.42. The maximum absolute atomic E-state index is 12.5. The van der Waals surface area contributed by atoms with Crippen LogP contribution in [0.5, 0.6) is 0 Å². The molecule has 1 atom stereocenters. The molecule has 0 spiro atoms. The van der Waals surface area contributed by atoms with Crippen LogP contribution in [-0.2, 0) is 4.79 Å². The molecule has 2 fully saturated rings. The molecule has 0 radical (unpaired) electrons. The number of likely N-dealkylation sites (tertiary alicyclic amines) is 1. The summed E-state index contributed by atoms with van der Waals surface area (Å²) in [6.07, 6.45) is 9.96. The van der Waals surface area contributed by atoms with Crippen LogP contribution in [0.4, 0.5) is 0 Å². The molecule has 4 nitrogen and oxygen atoms in total. The van der Waals surface area contributed by atoms with Gasteiger partial charge in [-0.1, -0.05) is 26.2 Å². The average Bonchev–Trinajstić information content (AvgIpc) is 2.77. The van der Waals surface area contributed by atoms with Crippen LogP contribution in [0.25, 0.3) is 0 Å². The molecule has 0 bridgehead atoms. The number of carbonyl (C=O) groups excluding carboxylic acids is 1. The van der Waals surface area contributed by atoms with Gasteiger partial charge in [0.1, 0.15) is 0 Å². The first-order valence-electron chi connectivity index (χ1n) is 9.03. The van der Waals surface area contributed by atoms with Crippen LogP contribution < -0.4 is 5.32 Å². The third-order valence-corrected chi connectivity index (χ3v) is 4.75. The summed E-state index contributed by atoms with van der Waals surface area (Å²) < 4.78 is 0. The second-order valence-electron chi connectivity index (χ2n) is 6.68. The van der Waals surface area contributed by atoms with Crippen molar-refractivity contribution in [3.63, 3.8) is 0 Å². The molecular formula is C17H33N3O. The Morgan fingerprint density at radius 3 is 2.52 bits per heavy atom. The molecule has 2 aliphatic heterocycles. The second-order valence-corrected chi connectivity index (χ2v) is 6.68. The molecule has 0 saturated carbocycles. The normalized spacial score (nSPS) is 24.1. The van der Waals surface area contributed by atoms with Gasteiger partial charge in [0, 0.05) is 25.7 Å². The maximum atomic E-state index is 12.5. The quantitative estimate of drug-likeness (QED) is 0.816. The van der Waals surface area contributed by atoms with Crippen molar-refractivity contribution in [3.8, 4) is 0 Å². The standard InChI is InChI=1S/C17H33N3O/c1-2-11-19(14-16-9-5-6-10-18-16)15-17(21)20-12-7-3-4-8-13-20/h16,18H,2-15H2,1H3. The minimum Gasteiger partial charge on any atom is -0.342 e. The molecule has 122 valence electrons. The zero-order valence-electron chi connectivity index (χ0n) is 13.8. The topological polar surface area (TPSA) is 35.6 Å². The minimum absolute atomic E-state index is 0.348. The van der Waals surface area contributed by atoms with E-state index in [-0.39, 0.29) is 0 Å². The largest absolute Gasteiger partial charge is 0.342 e. The van der Waals surface area contributed by atoms with Crippen molar-refractivity contribution in [2.24, 2.45) is 0 Å². The van der Waals surface area contributed by atoms with E-state index in [1.807, 2.05) is 0 Å². The van der Waals surface area contributed by atoms with Crippen molar-refractivity contribution in [1.29, 1.82) is 0 Å². The van der Waals surface area contributed by atoms with E-state index in [0.29, 0.717) is 18.5 Å². The molecule has 2 rings (SSSR count). The molecule has 2 saturated heterocycles. The van der Waals surface area contributed by atoms with Gasteiger partial charge < -0.3 is 10.2 Å². The number of rotatable bonds is 6. The summed E-state index contributed by atoms with van der Waals surface area (Å²) in [4.78, 5) is 17.0. The Morgan fingerprint density at radius 2 is 1.90 bits per heavy atom. The third-order valence-electron chi connectivity index (χ3n) is 4.75. The fraction of sp³-hybridized carbons (Fsp3) is 0.941. The first-order chi connectivity index (χ1) is 10.3. The lowest BCUT2D eigenvalue weighted by Gasteiger charge is -2.31. The zero-order valence-corrected chi connectivity index (χ0v) is 13.8. The fourth-order valence-electron chi connectivity index (χ4n) is 3.55. The molecule has 0 aliphatic carbocycles. The van der Waals surface area contributed by atoms with Gasteiger partial charge in [-0.05, 0) is 45.2 Å². The SMILES string of the molecule is CCCN(CC(=O)N1CCCCCC1)CC1CCCCN1. The van der Waals surface area contributed by atoms with E-state index < -0.39 is 0 Å². The Labute approximate surface area is 130 Å². The first kappa shape index (κ1) is 16.8. The van der Waals surface area contributed by atoms with Gasteiger partial charge in [-0.2, -0.15) is 0 Å². The monoisotopic (exact) mass is 295 g/mol. The first-order valence-corrected chi connectivity index (χ1v) is 9.03. The Morgan fingerprint density at radius 1 is 1.14 bits per heavy atom. The van der Waals surface area contributed by atoms with Crippen molar-refractivity contribution in [2.45, 2.75) is 64.3 Å². The van der Waals surface area contributed by atoms with E-state index in [4.69, 9.17) is 0 Å². The van der Waals surface area contributed by atoms with Crippen molar-refractivity contribution in [3.05, 3.63) is 0 Å². The van der Waals surface area contributed by atoms with E-state index in [1.165, 1.54) is 44.9 Å². The summed E-state index contributed by atoms with van der Waals surface area (Å²) in [6.45, 7) is 7.99. The van der Waals surface area contributed by atoms with Gasteiger partial charge in [-0.15, -0.1) is 0 Å². The van der Waals surface area contributed by atoms with Crippen molar-refractivity contribution >= 4 is 5.91 Å². The molecule has 2 heterocycles. The van der Waals surface area contributed by atoms with Crippen molar-refractivity contribution in [2.75, 3.05) is 39.3 Å². The molecule has 4 heteroatoms. The minimum atomic E-state index is 0.348. The van der Waals surface area contributed by atoms with Gasteiger partial charge in [-0.25, -0.2) is 0 Å². The summed E-state index contributed by atoms with van der Waals surface area (Å²) in [5, 5.41) is 3.60. The number of hydrogen-bond acceptors (Lipinski definition) is 3. The molecular weight excluding hydrogens is 262 g/mol. The van der Waals surface area contributed by atoms with Gasteiger partial charge >= 0.3 is 0 Å². The number of amides is 1. The molecule has 0 aromatic heterocycles. The highest BCUT2D eigenvalue weighted by molar-refractivity contribution is 5.78. The number of nitrogens with one attached hydrogen (secondary N) is 1. The van der Waals surface area contributed by atoms with E-state index in [0.717, 1.165) is 39.1 Å². The van der Waals surface area contributed by atoms with Crippen LogP contribution in [0.2, 0.25) is 0 Å². The Hall–Kier alpha value is -0.610. The number of piperidine rings is 1. The highest BCUT2D eigenvalue weighted by Crippen LogP contribution is 2.12. The van der Waals surface area contributed by atoms with Gasteiger partial charge in [0.2, 0.25) is 5.91 Å². The predicted octanol–water partition coefficient (Wildman–Crippen LogP) is 2.24. The molecule has 1 N–H and O–H groups in total. The summed E-state index contributed by atoms with van der Waals surface area (Å²) in [5.41, 5.74) is 0. The van der Waals surface area contributed by atoms with Gasteiger partial charge in [0.25, 0.3) is 0 Å². The number of carbonyl (C=O) groups is 1. The predicted molar refractivity (Wildman–Crippen MR) is 87.4 cm³/mol. The highest BCUT2D eigenvalue weighted by Gasteiger charge is 2.21. The molecule has 2 aliphatic rings. The van der Waals surface area contributed by atoms with Gasteiger partial charge in [-0.3, -0.25) is 9.69 Å². The van der Waals surface area contributed by atoms with E-state index in [2.05, 4.69) is 22.0 Å². The van der Waals surface area contributed by atoms with Crippen molar-refractivity contribution < 1.29 is 4.79 Å². The van der Waals surface area contributed by atoms with Crippen molar-refractivity contribution in [1.82, 2.24) is 15.1 Å². The molecule has 0 aromatic carbocycles. The maximum Gasteiger partial charge on any atom is 0.236 e. The van der Waals surface area contributed by atoms with Crippen LogP contribution in [0.3, 0.4) is 0 Å². The zero-order chi connectivity index (χ0) is 14.9. The smallest absolute Gasteiger partial charge is 0.236 e. The van der Waals surface area contributed by atoms with E-state index in [1.54, 1.807) is 0 Å². The summed E-state index contributed by atoms with van der Waals surface area (Å²) in [6, 6.07) is 0.585. The van der Waals surface area contributed by atoms with Crippen LogP contribution >= 0.6 is 0 Å². The number of hydrogen-bond donors (Lipinski definition) is 1. The Bertz CT molecular complexity index is 294. The average molecular weight is 295 g/mol. The van der Waals surface area contributed by atoms with E-state index >= 15 is 0 Å². The number of nitrogens with zero attached hydrogens (tertiary/aromatic N) is 2. The molecule has 21 heavy (non-hydrogen) atoms. The summed E-state index contributed by atoms with van der Waals surface area (Å²) in [7, 11) is 0. The lowest BCUT2D eigenvalue weighted by atomic mass is 10.0. The summed E-state index contributed by atoms with van der Waals surface area (Å²) in [5.74, 6) is 0.348. The Balaban J connectivity index is 1.80. The Kier molecular flexibility index (Phi) is 7.51. The summed E-state index contributed by atoms with van der Waals surface area (Å²) >= 11 is 0. The van der Waals surface area contributed by atoms with Crippen LogP contribution in [0.15, 0.2) is 0 Å². The fourth-order valence-corrected chi connectivity index (χ4v) is 3.55. The van der Waals surface area contributed by atoms with E-state index in [9.17, 15) is 4.79 Å². The van der Waals surface area contributed by atoms with Crippen LogP contribution in [0, 0.1) is 0 Å². The van der Waals surface area contributed by atoms with Gasteiger partial charge in [0.15, 0.2) is 0 Å². The third kappa shape index (κ3) is 5.95. The highest BCUT2D eigenvalue weighted by atomic mass is 16.2. The van der Waals surface area contributed by atoms with Crippen LogP contribution in [0.1, 0.15) is 58.3 Å².